The van der Waals surface area contributed by atoms with Crippen LogP contribution in [-0.2, 0) is 0 Å². The van der Waals surface area contributed by atoms with E-state index in [1.807, 2.05) is 49.4 Å². The second-order valence-corrected chi connectivity index (χ2v) is 6.01. The van der Waals surface area contributed by atoms with Crippen molar-refractivity contribution in [3.8, 4) is 11.5 Å². The molecular weight excluding hydrogens is 336 g/mol. The third kappa shape index (κ3) is 6.67. The number of halogens is 1. The van der Waals surface area contributed by atoms with Gasteiger partial charge in [0.2, 0.25) is 0 Å². The second kappa shape index (κ2) is 10.6. The summed E-state index contributed by atoms with van der Waals surface area (Å²) in [6, 6.07) is 13.2. The number of anilines is 1. The van der Waals surface area contributed by atoms with Crippen molar-refractivity contribution in [1.29, 1.82) is 0 Å². The molecule has 0 amide bonds. The highest BCUT2D eigenvalue weighted by Gasteiger charge is 2.06. The Morgan fingerprint density at radius 3 is 2.52 bits per heavy atom. The topological polar surface area (TPSA) is 42.8 Å². The Hall–Kier alpha value is -2.20. The Morgan fingerprint density at radius 1 is 1.00 bits per heavy atom. The molecule has 0 atom stereocenters. The molecule has 0 aliphatic heterocycles. The summed E-state index contributed by atoms with van der Waals surface area (Å²) in [5, 5.41) is 4.94. The van der Waals surface area contributed by atoms with Crippen molar-refractivity contribution in [2.24, 2.45) is 5.10 Å². The van der Waals surface area contributed by atoms with Gasteiger partial charge in [-0.15, -0.1) is 0 Å². The summed E-state index contributed by atoms with van der Waals surface area (Å²) in [5.41, 5.74) is 4.79. The van der Waals surface area contributed by atoms with Gasteiger partial charge >= 0.3 is 0 Å². The molecule has 0 heterocycles. The Morgan fingerprint density at radius 2 is 1.80 bits per heavy atom. The first-order valence-corrected chi connectivity index (χ1v) is 9.05. The number of nitrogens with one attached hydrogen (secondary N) is 1. The zero-order valence-electron chi connectivity index (χ0n) is 14.8. The normalized spacial score (nSPS) is 10.8. The fraction of sp³-hybridized carbons (Fsp3) is 0.350. The molecule has 0 aromatic heterocycles. The summed E-state index contributed by atoms with van der Waals surface area (Å²) in [4.78, 5) is 0. The lowest BCUT2D eigenvalue weighted by atomic mass is 10.2. The summed E-state index contributed by atoms with van der Waals surface area (Å²) in [5.74, 6) is 1.52. The van der Waals surface area contributed by atoms with E-state index < -0.39 is 0 Å². The standard InChI is InChI=1S/C20H25ClN2O2/c1-3-5-6-13-25-19-12-7-16(14-20(19)24-4-2)15-22-23-18-10-8-17(21)9-11-18/h7-12,14-15,23H,3-6,13H2,1-2H3/b22-15+. The van der Waals surface area contributed by atoms with Crippen LogP contribution in [0.5, 0.6) is 11.5 Å². The molecule has 4 nitrogen and oxygen atoms in total. The summed E-state index contributed by atoms with van der Waals surface area (Å²) in [7, 11) is 0. The molecule has 0 fully saturated rings. The van der Waals surface area contributed by atoms with E-state index in [-0.39, 0.29) is 0 Å². The largest absolute Gasteiger partial charge is 0.490 e. The number of rotatable bonds is 10. The summed E-state index contributed by atoms with van der Waals surface area (Å²) < 4.78 is 11.5. The van der Waals surface area contributed by atoms with E-state index >= 15 is 0 Å². The van der Waals surface area contributed by atoms with Crippen molar-refractivity contribution in [1.82, 2.24) is 0 Å². The summed E-state index contributed by atoms with van der Waals surface area (Å²) >= 11 is 5.87. The van der Waals surface area contributed by atoms with Crippen LogP contribution in [0.3, 0.4) is 0 Å². The van der Waals surface area contributed by atoms with Gasteiger partial charge in [-0.05, 0) is 61.4 Å². The lowest BCUT2D eigenvalue weighted by Crippen LogP contribution is -2.01. The molecule has 25 heavy (non-hydrogen) atoms. The molecule has 0 unspecified atom stereocenters. The summed E-state index contributed by atoms with van der Waals surface area (Å²) in [6.45, 7) is 5.44. The van der Waals surface area contributed by atoms with Gasteiger partial charge in [0, 0.05) is 5.02 Å². The zero-order valence-corrected chi connectivity index (χ0v) is 15.6. The second-order valence-electron chi connectivity index (χ2n) is 5.57. The van der Waals surface area contributed by atoms with E-state index in [0.29, 0.717) is 18.2 Å². The van der Waals surface area contributed by atoms with Crippen molar-refractivity contribution < 1.29 is 9.47 Å². The number of hydrogen-bond acceptors (Lipinski definition) is 4. The number of nitrogens with zero attached hydrogens (tertiary/aromatic N) is 1. The smallest absolute Gasteiger partial charge is 0.161 e. The quantitative estimate of drug-likeness (QED) is 0.333. The Kier molecular flexibility index (Phi) is 8.13. The Balaban J connectivity index is 1.99. The molecule has 134 valence electrons. The van der Waals surface area contributed by atoms with Gasteiger partial charge in [0.1, 0.15) is 0 Å². The van der Waals surface area contributed by atoms with Crippen LogP contribution in [0.4, 0.5) is 5.69 Å². The van der Waals surface area contributed by atoms with E-state index in [2.05, 4.69) is 17.5 Å². The lowest BCUT2D eigenvalue weighted by molar-refractivity contribution is 0.271. The third-order valence-corrected chi connectivity index (χ3v) is 3.78. The van der Waals surface area contributed by atoms with Gasteiger partial charge < -0.3 is 9.47 Å². The minimum atomic E-state index is 0.592. The molecule has 0 radical (unpaired) electrons. The van der Waals surface area contributed by atoms with E-state index in [4.69, 9.17) is 21.1 Å². The molecule has 0 aliphatic rings. The van der Waals surface area contributed by atoms with Crippen LogP contribution in [0.2, 0.25) is 5.02 Å². The van der Waals surface area contributed by atoms with Crippen LogP contribution in [0.25, 0.3) is 0 Å². The maximum absolute atomic E-state index is 5.87. The van der Waals surface area contributed by atoms with E-state index in [0.717, 1.165) is 29.2 Å². The van der Waals surface area contributed by atoms with Crippen molar-refractivity contribution in [3.05, 3.63) is 53.1 Å². The minimum absolute atomic E-state index is 0.592. The van der Waals surface area contributed by atoms with Crippen LogP contribution in [0.1, 0.15) is 38.7 Å². The van der Waals surface area contributed by atoms with Crippen molar-refractivity contribution in [2.75, 3.05) is 18.6 Å². The van der Waals surface area contributed by atoms with Gasteiger partial charge in [-0.2, -0.15) is 5.10 Å². The highest BCUT2D eigenvalue weighted by atomic mass is 35.5. The average Bonchev–Trinajstić information content (AvgIpc) is 2.62. The molecule has 0 spiro atoms. The Labute approximate surface area is 154 Å². The predicted molar refractivity (Wildman–Crippen MR) is 105 cm³/mol. The van der Waals surface area contributed by atoms with Crippen LogP contribution in [0, 0.1) is 0 Å². The SMILES string of the molecule is CCCCCOc1ccc(/C=N/Nc2ccc(Cl)cc2)cc1OCC. The van der Waals surface area contributed by atoms with Crippen LogP contribution < -0.4 is 14.9 Å². The first-order valence-electron chi connectivity index (χ1n) is 8.67. The summed E-state index contributed by atoms with van der Waals surface area (Å²) in [6.07, 6.45) is 5.15. The van der Waals surface area contributed by atoms with E-state index in [9.17, 15) is 0 Å². The van der Waals surface area contributed by atoms with Crippen LogP contribution in [0.15, 0.2) is 47.6 Å². The fourth-order valence-corrected chi connectivity index (χ4v) is 2.36. The van der Waals surface area contributed by atoms with Gasteiger partial charge in [0.15, 0.2) is 11.5 Å². The highest BCUT2D eigenvalue weighted by molar-refractivity contribution is 6.30. The molecule has 2 aromatic carbocycles. The van der Waals surface area contributed by atoms with Crippen molar-refractivity contribution in [2.45, 2.75) is 33.1 Å². The monoisotopic (exact) mass is 360 g/mol. The molecule has 2 aromatic rings. The molecular formula is C20H25ClN2O2. The van der Waals surface area contributed by atoms with Gasteiger partial charge in [-0.1, -0.05) is 31.4 Å². The zero-order chi connectivity index (χ0) is 17.9. The number of benzene rings is 2. The molecule has 1 N–H and O–H groups in total. The van der Waals surface area contributed by atoms with Gasteiger partial charge in [-0.25, -0.2) is 0 Å². The van der Waals surface area contributed by atoms with Gasteiger partial charge in [-0.3, -0.25) is 5.43 Å². The molecule has 2 rings (SSSR count). The molecule has 0 aliphatic carbocycles. The fourth-order valence-electron chi connectivity index (χ4n) is 2.23. The van der Waals surface area contributed by atoms with Crippen molar-refractivity contribution >= 4 is 23.5 Å². The molecule has 5 heteroatoms. The first-order chi connectivity index (χ1) is 12.2. The first kappa shape index (κ1) is 19.1. The molecule has 0 bridgehead atoms. The van der Waals surface area contributed by atoms with E-state index in [1.54, 1.807) is 6.21 Å². The number of hydrogen-bond donors (Lipinski definition) is 1. The number of ether oxygens (including phenoxy) is 2. The molecule has 0 saturated heterocycles. The number of unbranched alkanes of at least 4 members (excludes halogenated alkanes) is 2. The number of hydrazone groups is 1. The van der Waals surface area contributed by atoms with Crippen LogP contribution in [-0.4, -0.2) is 19.4 Å². The lowest BCUT2D eigenvalue weighted by Gasteiger charge is -2.12. The maximum atomic E-state index is 5.87. The van der Waals surface area contributed by atoms with Gasteiger partial charge in [0.25, 0.3) is 0 Å². The average molecular weight is 361 g/mol. The minimum Gasteiger partial charge on any atom is -0.490 e. The molecule has 0 saturated carbocycles. The maximum Gasteiger partial charge on any atom is 0.161 e. The predicted octanol–water partition coefficient (Wildman–Crippen LogP) is 5.75. The Bertz CT molecular complexity index is 672. The van der Waals surface area contributed by atoms with Crippen molar-refractivity contribution in [3.63, 3.8) is 0 Å². The van der Waals surface area contributed by atoms with Crippen LogP contribution >= 0.6 is 11.6 Å². The van der Waals surface area contributed by atoms with E-state index in [1.165, 1.54) is 12.8 Å². The highest BCUT2D eigenvalue weighted by Crippen LogP contribution is 2.28. The van der Waals surface area contributed by atoms with Gasteiger partial charge in [0.05, 0.1) is 25.1 Å². The third-order valence-electron chi connectivity index (χ3n) is 3.52.